The van der Waals surface area contributed by atoms with Crippen LogP contribution in [0.5, 0.6) is 0 Å². The quantitative estimate of drug-likeness (QED) is 0.204. The Hall–Kier alpha value is -0.790. The van der Waals surface area contributed by atoms with Crippen molar-refractivity contribution in [2.45, 2.75) is 97.3 Å². The van der Waals surface area contributed by atoms with Gasteiger partial charge in [-0.1, -0.05) is 70.4 Å². The van der Waals surface area contributed by atoms with Gasteiger partial charge in [-0.25, -0.2) is 0 Å². The van der Waals surface area contributed by atoms with Gasteiger partial charge in [-0.05, 0) is 32.1 Å². The lowest BCUT2D eigenvalue weighted by Crippen LogP contribution is -2.00. The van der Waals surface area contributed by atoms with Crippen LogP contribution in [0.2, 0.25) is 0 Å². The Balaban J connectivity index is 3.04. The maximum absolute atomic E-state index is 10.6. The summed E-state index contributed by atoms with van der Waals surface area (Å²) in [7, 11) is 0. The van der Waals surface area contributed by atoms with Crippen molar-refractivity contribution in [1.29, 1.82) is 0 Å². The van der Waals surface area contributed by atoms with Gasteiger partial charge in [0, 0.05) is 6.92 Å². The number of hydrogen-bond donors (Lipinski definition) is 0. The highest BCUT2D eigenvalue weighted by Gasteiger charge is 1.94. The van der Waals surface area contributed by atoms with Gasteiger partial charge in [0.1, 0.15) is 0 Å². The van der Waals surface area contributed by atoms with Crippen molar-refractivity contribution in [1.82, 2.24) is 0 Å². The molecule has 124 valence electrons. The zero-order chi connectivity index (χ0) is 15.6. The van der Waals surface area contributed by atoms with Gasteiger partial charge in [-0.2, -0.15) is 0 Å². The summed E-state index contributed by atoms with van der Waals surface area (Å²) >= 11 is 0. The van der Waals surface area contributed by atoms with Crippen LogP contribution in [0.25, 0.3) is 0 Å². The molecule has 0 unspecified atom stereocenters. The Kier molecular flexibility index (Phi) is 16.6. The summed E-state index contributed by atoms with van der Waals surface area (Å²) in [4.78, 5) is 10.6. The minimum absolute atomic E-state index is 0.158. The molecule has 0 saturated carbocycles. The first-order valence-corrected chi connectivity index (χ1v) is 9.05. The standard InChI is InChI=1S/C19H36O2/c1-3-4-5-6-7-8-9-10-11-12-13-14-15-16-17-18-21-19(2)20/h7-8H,3-6,9-18H2,1-2H3/b8-7+. The number of carbonyl (C=O) groups is 1. The summed E-state index contributed by atoms with van der Waals surface area (Å²) in [5, 5.41) is 0. The number of allylic oxidation sites excluding steroid dienone is 2. The smallest absolute Gasteiger partial charge is 0.302 e. The second-order valence-electron chi connectivity index (χ2n) is 5.92. The average Bonchev–Trinajstić information content (AvgIpc) is 2.46. The minimum atomic E-state index is -0.158. The van der Waals surface area contributed by atoms with Crippen molar-refractivity contribution >= 4 is 5.97 Å². The third kappa shape index (κ3) is 19.2. The van der Waals surface area contributed by atoms with Crippen molar-refractivity contribution in [2.24, 2.45) is 0 Å². The normalized spacial score (nSPS) is 11.1. The summed E-state index contributed by atoms with van der Waals surface area (Å²) in [6.07, 6.45) is 21.5. The van der Waals surface area contributed by atoms with Gasteiger partial charge in [0.05, 0.1) is 6.61 Å². The molecule has 0 spiro atoms. The predicted molar refractivity (Wildman–Crippen MR) is 91.5 cm³/mol. The van der Waals surface area contributed by atoms with E-state index in [2.05, 4.69) is 19.1 Å². The highest BCUT2D eigenvalue weighted by molar-refractivity contribution is 5.65. The molecule has 21 heavy (non-hydrogen) atoms. The van der Waals surface area contributed by atoms with Gasteiger partial charge in [0.25, 0.3) is 0 Å². The molecule has 0 N–H and O–H groups in total. The summed E-state index contributed by atoms with van der Waals surface area (Å²) in [6.45, 7) is 4.32. The minimum Gasteiger partial charge on any atom is -0.466 e. The highest BCUT2D eigenvalue weighted by Crippen LogP contribution is 2.10. The fourth-order valence-electron chi connectivity index (χ4n) is 2.39. The molecule has 0 bridgehead atoms. The SMILES string of the molecule is CCCCC/C=C/CCCCCCCCCCOC(C)=O. The molecule has 0 aromatic carbocycles. The second-order valence-corrected chi connectivity index (χ2v) is 5.92. The van der Waals surface area contributed by atoms with Crippen molar-refractivity contribution < 1.29 is 9.53 Å². The Bertz CT molecular complexity index is 246. The maximum atomic E-state index is 10.6. The number of carbonyl (C=O) groups excluding carboxylic acids is 1. The van der Waals surface area contributed by atoms with E-state index < -0.39 is 0 Å². The molecule has 0 rings (SSSR count). The van der Waals surface area contributed by atoms with Crippen LogP contribution in [-0.4, -0.2) is 12.6 Å². The van der Waals surface area contributed by atoms with E-state index in [4.69, 9.17) is 4.74 Å². The van der Waals surface area contributed by atoms with Crippen molar-refractivity contribution in [3.8, 4) is 0 Å². The highest BCUT2D eigenvalue weighted by atomic mass is 16.5. The van der Waals surface area contributed by atoms with E-state index in [9.17, 15) is 4.79 Å². The first-order valence-electron chi connectivity index (χ1n) is 9.05. The molecule has 2 nitrogen and oxygen atoms in total. The van der Waals surface area contributed by atoms with Crippen LogP contribution in [0, 0.1) is 0 Å². The molecule has 0 aliphatic rings. The third-order valence-electron chi connectivity index (χ3n) is 3.71. The fraction of sp³-hybridized carbons (Fsp3) is 0.842. The zero-order valence-corrected chi connectivity index (χ0v) is 14.4. The van der Waals surface area contributed by atoms with Gasteiger partial charge in [0.15, 0.2) is 0 Å². The molecule has 0 atom stereocenters. The van der Waals surface area contributed by atoms with Gasteiger partial charge < -0.3 is 4.74 Å². The molecular weight excluding hydrogens is 260 g/mol. The molecule has 0 heterocycles. The van der Waals surface area contributed by atoms with E-state index in [0.717, 1.165) is 6.42 Å². The number of ether oxygens (including phenoxy) is 1. The van der Waals surface area contributed by atoms with Gasteiger partial charge in [0.2, 0.25) is 0 Å². The molecule has 0 fully saturated rings. The summed E-state index contributed by atoms with van der Waals surface area (Å²) in [5.41, 5.74) is 0. The lowest BCUT2D eigenvalue weighted by Gasteiger charge is -2.02. The Morgan fingerprint density at radius 3 is 1.76 bits per heavy atom. The lowest BCUT2D eigenvalue weighted by molar-refractivity contribution is -0.141. The molecule has 0 aromatic heterocycles. The largest absolute Gasteiger partial charge is 0.466 e. The summed E-state index contributed by atoms with van der Waals surface area (Å²) < 4.78 is 4.91. The predicted octanol–water partition coefficient (Wildman–Crippen LogP) is 6.20. The van der Waals surface area contributed by atoms with Gasteiger partial charge in [-0.15, -0.1) is 0 Å². The number of rotatable bonds is 15. The van der Waals surface area contributed by atoms with E-state index >= 15 is 0 Å². The molecule has 0 radical (unpaired) electrons. The fourth-order valence-corrected chi connectivity index (χ4v) is 2.39. The molecule has 0 aliphatic heterocycles. The molecule has 2 heteroatoms. The number of esters is 1. The summed E-state index contributed by atoms with van der Waals surface area (Å²) in [6, 6.07) is 0. The van der Waals surface area contributed by atoms with Crippen molar-refractivity contribution in [2.75, 3.05) is 6.61 Å². The molecular formula is C19H36O2. The zero-order valence-electron chi connectivity index (χ0n) is 14.4. The topological polar surface area (TPSA) is 26.3 Å². The van der Waals surface area contributed by atoms with Crippen LogP contribution in [0.3, 0.4) is 0 Å². The molecule has 0 saturated heterocycles. The average molecular weight is 296 g/mol. The van der Waals surface area contributed by atoms with Crippen LogP contribution in [0.1, 0.15) is 97.3 Å². The number of hydrogen-bond acceptors (Lipinski definition) is 2. The van der Waals surface area contributed by atoms with Crippen LogP contribution < -0.4 is 0 Å². The van der Waals surface area contributed by atoms with E-state index in [0.29, 0.717) is 6.61 Å². The number of unbranched alkanes of at least 4 members (excludes halogenated alkanes) is 11. The first kappa shape index (κ1) is 20.2. The monoisotopic (exact) mass is 296 g/mol. The van der Waals surface area contributed by atoms with Crippen LogP contribution >= 0.6 is 0 Å². The van der Waals surface area contributed by atoms with E-state index in [1.165, 1.54) is 84.0 Å². The Morgan fingerprint density at radius 2 is 1.24 bits per heavy atom. The van der Waals surface area contributed by atoms with E-state index in [-0.39, 0.29) is 5.97 Å². The van der Waals surface area contributed by atoms with Crippen molar-refractivity contribution in [3.05, 3.63) is 12.2 Å². The maximum Gasteiger partial charge on any atom is 0.302 e. The van der Waals surface area contributed by atoms with Gasteiger partial charge in [-0.3, -0.25) is 4.79 Å². The van der Waals surface area contributed by atoms with Gasteiger partial charge >= 0.3 is 5.97 Å². The lowest BCUT2D eigenvalue weighted by atomic mass is 10.1. The Morgan fingerprint density at radius 1 is 0.762 bits per heavy atom. The van der Waals surface area contributed by atoms with Crippen LogP contribution in [0.15, 0.2) is 12.2 Å². The Labute approximate surface area is 132 Å². The molecule has 0 aliphatic carbocycles. The first-order chi connectivity index (χ1) is 10.3. The summed E-state index contributed by atoms with van der Waals surface area (Å²) in [5.74, 6) is -0.158. The van der Waals surface area contributed by atoms with E-state index in [1.807, 2.05) is 0 Å². The van der Waals surface area contributed by atoms with Crippen molar-refractivity contribution in [3.63, 3.8) is 0 Å². The molecule has 0 aromatic rings. The van der Waals surface area contributed by atoms with Crippen LogP contribution in [-0.2, 0) is 9.53 Å². The van der Waals surface area contributed by atoms with Crippen LogP contribution in [0.4, 0.5) is 0 Å². The van der Waals surface area contributed by atoms with E-state index in [1.54, 1.807) is 0 Å². The second kappa shape index (κ2) is 17.3. The molecule has 0 amide bonds. The third-order valence-corrected chi connectivity index (χ3v) is 3.71.